The highest BCUT2D eigenvalue weighted by atomic mass is 32.2. The number of amides is 1. The molecule has 0 bridgehead atoms. The molecule has 182 valence electrons. The van der Waals surface area contributed by atoms with Crippen molar-refractivity contribution in [1.29, 1.82) is 0 Å². The first-order valence-electron chi connectivity index (χ1n) is 11.3. The summed E-state index contributed by atoms with van der Waals surface area (Å²) in [5.74, 6) is 6.35. The summed E-state index contributed by atoms with van der Waals surface area (Å²) in [6.45, 7) is 4.06. The van der Waals surface area contributed by atoms with Gasteiger partial charge in [0.1, 0.15) is 23.4 Å². The Kier molecular flexibility index (Phi) is 8.40. The lowest BCUT2D eigenvalue weighted by molar-refractivity contribution is -0.131. The first-order chi connectivity index (χ1) is 15.7. The van der Waals surface area contributed by atoms with Gasteiger partial charge in [-0.15, -0.1) is 0 Å². The van der Waals surface area contributed by atoms with E-state index in [2.05, 4.69) is 11.8 Å². The van der Waals surface area contributed by atoms with Crippen molar-refractivity contribution < 1.29 is 27.8 Å². The van der Waals surface area contributed by atoms with Gasteiger partial charge in [0.25, 0.3) is 0 Å². The van der Waals surface area contributed by atoms with Crippen LogP contribution < -0.4 is 4.74 Å². The molecule has 0 unspecified atom stereocenters. The number of fused-ring (bicyclic) bond motifs is 1. The van der Waals surface area contributed by atoms with Crippen LogP contribution in [0, 0.1) is 23.7 Å². The van der Waals surface area contributed by atoms with Crippen LogP contribution in [0.5, 0.6) is 5.75 Å². The van der Waals surface area contributed by atoms with E-state index in [4.69, 9.17) is 9.47 Å². The van der Waals surface area contributed by atoms with E-state index in [1.807, 2.05) is 6.92 Å². The number of carbonyl (C=O) groups excluding carboxylic acids is 1. The van der Waals surface area contributed by atoms with Crippen molar-refractivity contribution in [1.82, 2.24) is 9.21 Å². The number of aliphatic hydroxyl groups excluding tert-OH is 1. The summed E-state index contributed by atoms with van der Waals surface area (Å²) >= 11 is 0. The van der Waals surface area contributed by atoms with Gasteiger partial charge in [-0.1, -0.05) is 18.8 Å². The van der Waals surface area contributed by atoms with Gasteiger partial charge in [-0.05, 0) is 43.9 Å². The van der Waals surface area contributed by atoms with Gasteiger partial charge < -0.3 is 19.5 Å². The van der Waals surface area contributed by atoms with Crippen molar-refractivity contribution in [3.8, 4) is 17.6 Å². The maximum absolute atomic E-state index is 13.5. The smallest absolute Gasteiger partial charge is 0.247 e. The van der Waals surface area contributed by atoms with Gasteiger partial charge in [-0.3, -0.25) is 4.79 Å². The minimum Gasteiger partial charge on any atom is -0.487 e. The molecule has 1 aliphatic heterocycles. The molecule has 0 spiro atoms. The van der Waals surface area contributed by atoms with E-state index >= 15 is 0 Å². The van der Waals surface area contributed by atoms with Gasteiger partial charge in [0.15, 0.2) is 0 Å². The average molecular weight is 479 g/mol. The molecule has 1 aromatic rings. The van der Waals surface area contributed by atoms with Crippen LogP contribution in [0.4, 0.5) is 0 Å². The Bertz CT molecular complexity index is 1010. The molecule has 1 saturated carbocycles. The summed E-state index contributed by atoms with van der Waals surface area (Å²) in [5.41, 5.74) is 0.605. The van der Waals surface area contributed by atoms with Crippen molar-refractivity contribution in [2.45, 2.75) is 50.2 Å². The fraction of sp³-hybridized carbons (Fsp3) is 0.625. The van der Waals surface area contributed by atoms with Crippen molar-refractivity contribution in [2.75, 3.05) is 40.5 Å². The first kappa shape index (κ1) is 25.5. The highest BCUT2D eigenvalue weighted by molar-refractivity contribution is 7.89. The molecule has 0 saturated heterocycles. The summed E-state index contributed by atoms with van der Waals surface area (Å²) in [6, 6.07) is 4.15. The summed E-state index contributed by atoms with van der Waals surface area (Å²) in [5, 5.41) is 9.73. The molecule has 1 heterocycles. The van der Waals surface area contributed by atoms with Gasteiger partial charge >= 0.3 is 0 Å². The predicted molar refractivity (Wildman–Crippen MR) is 124 cm³/mol. The molecule has 2 aliphatic rings. The Labute approximate surface area is 196 Å². The second kappa shape index (κ2) is 10.9. The normalized spacial score (nSPS) is 23.2. The van der Waals surface area contributed by atoms with E-state index in [-0.39, 0.29) is 42.2 Å². The molecule has 3 rings (SSSR count). The highest BCUT2D eigenvalue weighted by Gasteiger charge is 2.38. The number of hydrogen-bond donors (Lipinski definition) is 1. The molecule has 1 fully saturated rings. The molecule has 0 radical (unpaired) electrons. The van der Waals surface area contributed by atoms with E-state index < -0.39 is 22.2 Å². The topological polar surface area (TPSA) is 96.4 Å². The van der Waals surface area contributed by atoms with Gasteiger partial charge in [0, 0.05) is 44.6 Å². The zero-order chi connectivity index (χ0) is 24.2. The maximum atomic E-state index is 13.5. The number of carbonyl (C=O) groups is 1. The average Bonchev–Trinajstić information content (AvgIpc) is 3.59. The second-order valence-electron chi connectivity index (χ2n) is 9.06. The quantitative estimate of drug-likeness (QED) is 0.600. The predicted octanol–water partition coefficient (Wildman–Crippen LogP) is 1.71. The van der Waals surface area contributed by atoms with Crippen LogP contribution in [-0.4, -0.2) is 81.2 Å². The Morgan fingerprint density at radius 3 is 2.76 bits per heavy atom. The third-order valence-electron chi connectivity index (χ3n) is 6.16. The molecule has 0 aromatic heterocycles. The fourth-order valence-electron chi connectivity index (χ4n) is 3.83. The Morgan fingerprint density at radius 2 is 2.12 bits per heavy atom. The first-order valence-corrected chi connectivity index (χ1v) is 12.8. The second-order valence-corrected chi connectivity index (χ2v) is 10.9. The molecule has 9 heteroatoms. The van der Waals surface area contributed by atoms with Crippen LogP contribution in [0.3, 0.4) is 0 Å². The summed E-state index contributed by atoms with van der Waals surface area (Å²) in [7, 11) is -0.597. The lowest BCUT2D eigenvalue weighted by atomic mass is 10.0. The van der Waals surface area contributed by atoms with Crippen LogP contribution in [0.2, 0.25) is 0 Å². The number of nitrogens with zero attached hydrogens (tertiary/aromatic N) is 2. The molecule has 8 nitrogen and oxygen atoms in total. The van der Waals surface area contributed by atoms with Crippen molar-refractivity contribution in [3.63, 3.8) is 0 Å². The van der Waals surface area contributed by atoms with E-state index in [1.165, 1.54) is 10.4 Å². The zero-order valence-electron chi connectivity index (χ0n) is 19.8. The molecular weight excluding hydrogens is 444 g/mol. The van der Waals surface area contributed by atoms with E-state index in [1.54, 1.807) is 38.1 Å². The van der Waals surface area contributed by atoms with Gasteiger partial charge in [-0.25, -0.2) is 8.42 Å². The number of methoxy groups -OCH3 is 1. The third kappa shape index (κ3) is 6.27. The number of benzene rings is 1. The standard InChI is InChI=1S/C24H34N2O6S/c1-17-14-26(18(2)16-27)33(29,30)23-10-9-19(6-5-11-31-4)12-21(23)32-22(17)15-25(3)24(28)13-20-7-8-20/h9-10,12,17-18,20,22,27H,7-8,11,13-16H2,1-4H3/t17-,18+,22-/m1/s1. The van der Waals surface area contributed by atoms with Gasteiger partial charge in [0.2, 0.25) is 15.9 Å². The number of rotatable bonds is 7. The fourth-order valence-corrected chi connectivity index (χ4v) is 5.65. The zero-order valence-corrected chi connectivity index (χ0v) is 20.6. The molecule has 1 N–H and O–H groups in total. The summed E-state index contributed by atoms with van der Waals surface area (Å²) in [4.78, 5) is 14.3. The number of aliphatic hydroxyl groups is 1. The Hall–Kier alpha value is -2.12. The lowest BCUT2D eigenvalue weighted by Gasteiger charge is -2.37. The number of sulfonamides is 1. The molecule has 1 aliphatic carbocycles. The number of ether oxygens (including phenoxy) is 2. The molecule has 1 amide bonds. The minimum absolute atomic E-state index is 0.0314. The van der Waals surface area contributed by atoms with E-state index in [9.17, 15) is 18.3 Å². The van der Waals surface area contributed by atoms with Crippen LogP contribution in [-0.2, 0) is 19.6 Å². The van der Waals surface area contributed by atoms with Crippen molar-refractivity contribution >= 4 is 15.9 Å². The van der Waals surface area contributed by atoms with Gasteiger partial charge in [-0.2, -0.15) is 4.31 Å². The van der Waals surface area contributed by atoms with Crippen LogP contribution in [0.25, 0.3) is 0 Å². The van der Waals surface area contributed by atoms with Crippen molar-refractivity contribution in [2.24, 2.45) is 11.8 Å². The van der Waals surface area contributed by atoms with Crippen molar-refractivity contribution in [3.05, 3.63) is 23.8 Å². The highest BCUT2D eigenvalue weighted by Crippen LogP contribution is 2.35. The third-order valence-corrected chi connectivity index (χ3v) is 8.18. The molecule has 3 atom stereocenters. The Morgan fingerprint density at radius 1 is 1.39 bits per heavy atom. The lowest BCUT2D eigenvalue weighted by Crippen LogP contribution is -2.50. The van der Waals surface area contributed by atoms with Crippen LogP contribution in [0.15, 0.2) is 23.1 Å². The summed E-state index contributed by atoms with van der Waals surface area (Å²) < 4.78 is 39.5. The molecular formula is C24H34N2O6S. The van der Waals surface area contributed by atoms with Crippen LogP contribution >= 0.6 is 0 Å². The minimum atomic E-state index is -3.91. The molecule has 33 heavy (non-hydrogen) atoms. The van der Waals surface area contributed by atoms with E-state index in [0.717, 1.165) is 12.8 Å². The van der Waals surface area contributed by atoms with E-state index in [0.29, 0.717) is 24.4 Å². The Balaban J connectivity index is 1.97. The van der Waals surface area contributed by atoms with Gasteiger partial charge in [0.05, 0.1) is 13.2 Å². The summed E-state index contributed by atoms with van der Waals surface area (Å²) in [6.07, 6.45) is 2.31. The SMILES string of the molecule is COCC#Cc1ccc2c(c1)O[C@H](CN(C)C(=O)CC1CC1)[C@H](C)CN([C@@H](C)CO)S2(=O)=O. The monoisotopic (exact) mass is 478 g/mol. The number of hydrogen-bond acceptors (Lipinski definition) is 6. The molecule has 1 aromatic carbocycles. The van der Waals surface area contributed by atoms with Crippen LogP contribution in [0.1, 0.15) is 38.7 Å². The number of likely N-dealkylation sites (N-methyl/N-ethyl adjacent to an activating group) is 1. The maximum Gasteiger partial charge on any atom is 0.247 e. The largest absolute Gasteiger partial charge is 0.487 e.